The van der Waals surface area contributed by atoms with Crippen molar-refractivity contribution < 1.29 is 8.42 Å². The summed E-state index contributed by atoms with van der Waals surface area (Å²) < 4.78 is 26.7. The van der Waals surface area contributed by atoms with E-state index in [0.717, 1.165) is 24.9 Å². The SMILES string of the molecule is CCNC(=NCCS(=O)(=O)NCc1ccccc1)NC1CC=CC1. The molecule has 1 aromatic carbocycles. The standard InChI is InChI=1S/C17H26N4O2S/c1-2-18-17(21-16-10-6-7-11-16)19-12-13-24(22,23)20-14-15-8-4-3-5-9-15/h3-9,16,20H,2,10-14H2,1H3,(H2,18,19,21). The molecule has 1 aromatic rings. The molecule has 0 atom stereocenters. The molecule has 0 amide bonds. The van der Waals surface area contributed by atoms with E-state index in [4.69, 9.17) is 0 Å². The smallest absolute Gasteiger partial charge is 0.213 e. The van der Waals surface area contributed by atoms with Crippen LogP contribution in [0.25, 0.3) is 0 Å². The van der Waals surface area contributed by atoms with Gasteiger partial charge in [0.25, 0.3) is 0 Å². The molecule has 0 saturated carbocycles. The number of sulfonamides is 1. The molecule has 0 bridgehead atoms. The van der Waals surface area contributed by atoms with Crippen molar-refractivity contribution in [1.82, 2.24) is 15.4 Å². The van der Waals surface area contributed by atoms with Gasteiger partial charge in [0.1, 0.15) is 0 Å². The lowest BCUT2D eigenvalue weighted by atomic mass is 10.2. The van der Waals surface area contributed by atoms with Crippen LogP contribution in [0.3, 0.4) is 0 Å². The van der Waals surface area contributed by atoms with Crippen molar-refractivity contribution in [3.8, 4) is 0 Å². The van der Waals surface area contributed by atoms with Crippen molar-refractivity contribution in [3.05, 3.63) is 48.0 Å². The molecule has 0 radical (unpaired) electrons. The van der Waals surface area contributed by atoms with Gasteiger partial charge in [-0.25, -0.2) is 13.1 Å². The van der Waals surface area contributed by atoms with Gasteiger partial charge in [0.15, 0.2) is 5.96 Å². The molecular formula is C17H26N4O2S. The zero-order valence-electron chi connectivity index (χ0n) is 14.0. The Morgan fingerprint density at radius 1 is 1.21 bits per heavy atom. The van der Waals surface area contributed by atoms with E-state index in [1.807, 2.05) is 37.3 Å². The van der Waals surface area contributed by atoms with Crippen molar-refractivity contribution in [3.63, 3.8) is 0 Å². The normalized spacial score (nSPS) is 15.6. The lowest BCUT2D eigenvalue weighted by Gasteiger charge is -2.16. The molecule has 2 rings (SSSR count). The minimum Gasteiger partial charge on any atom is -0.357 e. The average molecular weight is 350 g/mol. The second-order valence-corrected chi connectivity index (χ2v) is 7.60. The van der Waals surface area contributed by atoms with Crippen LogP contribution in [-0.2, 0) is 16.6 Å². The predicted octanol–water partition coefficient (Wildman–Crippen LogP) is 1.38. The van der Waals surface area contributed by atoms with Crippen molar-refractivity contribution in [2.24, 2.45) is 4.99 Å². The van der Waals surface area contributed by atoms with E-state index < -0.39 is 10.0 Å². The number of rotatable bonds is 8. The second kappa shape index (κ2) is 9.44. The number of aliphatic imine (C=N–C) groups is 1. The van der Waals surface area contributed by atoms with E-state index in [0.29, 0.717) is 18.5 Å². The average Bonchev–Trinajstić information content (AvgIpc) is 3.07. The van der Waals surface area contributed by atoms with Gasteiger partial charge in [-0.15, -0.1) is 0 Å². The topological polar surface area (TPSA) is 82.6 Å². The zero-order chi connectivity index (χ0) is 17.3. The maximum absolute atomic E-state index is 12.1. The molecule has 0 fully saturated rings. The van der Waals surface area contributed by atoms with Crippen LogP contribution in [0.5, 0.6) is 0 Å². The summed E-state index contributed by atoms with van der Waals surface area (Å²) in [5.41, 5.74) is 0.938. The quantitative estimate of drug-likeness (QED) is 0.376. The number of nitrogens with one attached hydrogen (secondary N) is 3. The Kier molecular flexibility index (Phi) is 7.27. The third-order valence-electron chi connectivity index (χ3n) is 3.66. The van der Waals surface area contributed by atoms with Crippen molar-refractivity contribution in [2.45, 2.75) is 32.4 Å². The molecule has 1 aliphatic rings. The number of hydrogen-bond donors (Lipinski definition) is 3. The number of guanidine groups is 1. The second-order valence-electron chi connectivity index (χ2n) is 5.67. The Morgan fingerprint density at radius 2 is 1.92 bits per heavy atom. The highest BCUT2D eigenvalue weighted by Gasteiger charge is 2.13. The Hall–Kier alpha value is -1.86. The first-order valence-electron chi connectivity index (χ1n) is 8.30. The highest BCUT2D eigenvalue weighted by atomic mass is 32.2. The Morgan fingerprint density at radius 3 is 2.58 bits per heavy atom. The van der Waals surface area contributed by atoms with Crippen molar-refractivity contribution in [2.75, 3.05) is 18.8 Å². The molecule has 7 heteroatoms. The van der Waals surface area contributed by atoms with E-state index in [-0.39, 0.29) is 12.3 Å². The van der Waals surface area contributed by atoms with Crippen LogP contribution in [-0.4, -0.2) is 39.3 Å². The fourth-order valence-corrected chi connectivity index (χ4v) is 3.25. The maximum Gasteiger partial charge on any atom is 0.213 e. The zero-order valence-corrected chi connectivity index (χ0v) is 14.8. The lowest BCUT2D eigenvalue weighted by Crippen LogP contribution is -2.42. The molecule has 0 saturated heterocycles. The molecule has 24 heavy (non-hydrogen) atoms. The van der Waals surface area contributed by atoms with Crippen LogP contribution in [0.1, 0.15) is 25.3 Å². The van der Waals surface area contributed by atoms with Crippen LogP contribution in [0.4, 0.5) is 0 Å². The fourth-order valence-electron chi connectivity index (χ4n) is 2.39. The van der Waals surface area contributed by atoms with Gasteiger partial charge in [-0.05, 0) is 25.3 Å². The fraction of sp³-hybridized carbons (Fsp3) is 0.471. The molecule has 132 valence electrons. The minimum absolute atomic E-state index is 0.0284. The summed E-state index contributed by atoms with van der Waals surface area (Å²) in [5, 5.41) is 6.47. The van der Waals surface area contributed by atoms with Gasteiger partial charge in [0.2, 0.25) is 10.0 Å². The first-order chi connectivity index (χ1) is 11.6. The van der Waals surface area contributed by atoms with Gasteiger partial charge in [-0.3, -0.25) is 4.99 Å². The van der Waals surface area contributed by atoms with Gasteiger partial charge in [-0.2, -0.15) is 0 Å². The van der Waals surface area contributed by atoms with Crippen LogP contribution in [0.15, 0.2) is 47.5 Å². The van der Waals surface area contributed by atoms with Crippen molar-refractivity contribution >= 4 is 16.0 Å². The molecule has 0 heterocycles. The summed E-state index contributed by atoms with van der Waals surface area (Å²) >= 11 is 0. The van der Waals surface area contributed by atoms with Crippen molar-refractivity contribution in [1.29, 1.82) is 0 Å². The third-order valence-corrected chi connectivity index (χ3v) is 4.97. The number of nitrogens with zero attached hydrogens (tertiary/aromatic N) is 1. The Bertz CT molecular complexity index is 648. The first-order valence-corrected chi connectivity index (χ1v) is 9.95. The molecule has 0 spiro atoms. The van der Waals surface area contributed by atoms with Crippen LogP contribution in [0, 0.1) is 0 Å². The number of benzene rings is 1. The molecule has 0 unspecified atom stereocenters. The van der Waals surface area contributed by atoms with E-state index in [2.05, 4.69) is 32.5 Å². The van der Waals surface area contributed by atoms with Crippen LogP contribution < -0.4 is 15.4 Å². The van der Waals surface area contributed by atoms with E-state index in [1.165, 1.54) is 0 Å². The summed E-state index contributed by atoms with van der Waals surface area (Å²) in [6.07, 6.45) is 6.22. The van der Waals surface area contributed by atoms with Gasteiger partial charge in [0.05, 0.1) is 12.3 Å². The van der Waals surface area contributed by atoms with Gasteiger partial charge >= 0.3 is 0 Å². The third kappa shape index (κ3) is 6.72. The van der Waals surface area contributed by atoms with Crippen LogP contribution >= 0.6 is 0 Å². The van der Waals surface area contributed by atoms with Crippen LogP contribution in [0.2, 0.25) is 0 Å². The minimum atomic E-state index is -3.34. The van der Waals surface area contributed by atoms with Gasteiger partial charge in [-0.1, -0.05) is 42.5 Å². The Balaban J connectivity index is 1.80. The number of hydrogen-bond acceptors (Lipinski definition) is 3. The summed E-state index contributed by atoms with van der Waals surface area (Å²) in [5.74, 6) is 0.642. The molecular weight excluding hydrogens is 324 g/mol. The highest BCUT2D eigenvalue weighted by Crippen LogP contribution is 2.08. The largest absolute Gasteiger partial charge is 0.357 e. The summed E-state index contributed by atoms with van der Waals surface area (Å²) in [4.78, 5) is 4.36. The first kappa shape index (κ1) is 18.5. The van der Waals surface area contributed by atoms with E-state index in [1.54, 1.807) is 0 Å². The summed E-state index contributed by atoms with van der Waals surface area (Å²) in [6, 6.07) is 9.81. The summed E-state index contributed by atoms with van der Waals surface area (Å²) in [7, 11) is -3.34. The summed E-state index contributed by atoms with van der Waals surface area (Å²) in [6.45, 7) is 3.26. The highest BCUT2D eigenvalue weighted by molar-refractivity contribution is 7.89. The Labute approximate surface area is 144 Å². The maximum atomic E-state index is 12.1. The molecule has 1 aliphatic carbocycles. The van der Waals surface area contributed by atoms with E-state index >= 15 is 0 Å². The predicted molar refractivity (Wildman–Crippen MR) is 98.3 cm³/mol. The molecule has 0 aromatic heterocycles. The van der Waals surface area contributed by atoms with Gasteiger partial charge in [0, 0.05) is 19.1 Å². The molecule has 6 nitrogen and oxygen atoms in total. The molecule has 3 N–H and O–H groups in total. The molecule has 0 aliphatic heterocycles. The lowest BCUT2D eigenvalue weighted by molar-refractivity contribution is 0.581. The monoisotopic (exact) mass is 350 g/mol. The van der Waals surface area contributed by atoms with E-state index in [9.17, 15) is 8.42 Å². The van der Waals surface area contributed by atoms with Gasteiger partial charge < -0.3 is 10.6 Å².